The van der Waals surface area contributed by atoms with Crippen molar-refractivity contribution in [3.05, 3.63) is 313 Å². The predicted molar refractivity (Wildman–Crippen MR) is 327 cm³/mol. The normalized spacial score (nSPS) is 12.9. The second kappa shape index (κ2) is 20.7. The molecule has 0 spiro atoms. The van der Waals surface area contributed by atoms with Crippen molar-refractivity contribution in [2.45, 2.75) is 12.8 Å². The molecule has 0 saturated heterocycles. The van der Waals surface area contributed by atoms with Crippen molar-refractivity contribution in [1.29, 1.82) is 0 Å². The zero-order chi connectivity index (χ0) is 50.6. The molecular formula is C76H54. The van der Waals surface area contributed by atoms with Gasteiger partial charge in [-0.3, -0.25) is 0 Å². The summed E-state index contributed by atoms with van der Waals surface area (Å²) in [7, 11) is 0. The van der Waals surface area contributed by atoms with E-state index in [9.17, 15) is 0 Å². The Morgan fingerprint density at radius 1 is 0.224 bits per heavy atom. The maximum absolute atomic E-state index is 2.45. The van der Waals surface area contributed by atoms with E-state index in [0.717, 1.165) is 18.4 Å². The van der Waals surface area contributed by atoms with Gasteiger partial charge in [-0.2, -0.15) is 0 Å². The smallest absolute Gasteiger partial charge is 0.00142 e. The fourth-order valence-electron chi connectivity index (χ4n) is 11.8. The highest BCUT2D eigenvalue weighted by atomic mass is 14.3. The van der Waals surface area contributed by atoms with E-state index in [1.165, 1.54) is 126 Å². The van der Waals surface area contributed by atoms with Crippen LogP contribution >= 0.6 is 0 Å². The molecule has 0 radical (unpaired) electrons. The molecule has 0 aliphatic heterocycles. The Morgan fingerprint density at radius 2 is 0.579 bits per heavy atom. The molecule has 0 N–H and O–H groups in total. The molecule has 0 amide bonds. The van der Waals surface area contributed by atoms with Crippen LogP contribution in [0.5, 0.6) is 0 Å². The van der Waals surface area contributed by atoms with Crippen molar-refractivity contribution in [1.82, 2.24) is 0 Å². The van der Waals surface area contributed by atoms with E-state index < -0.39 is 0 Å². The van der Waals surface area contributed by atoms with Crippen LogP contribution in [0.15, 0.2) is 291 Å². The van der Waals surface area contributed by atoms with E-state index in [4.69, 9.17) is 0 Å². The van der Waals surface area contributed by atoms with E-state index in [1.54, 1.807) is 0 Å². The largest absolute Gasteiger partial charge is 0.0807 e. The van der Waals surface area contributed by atoms with Gasteiger partial charge >= 0.3 is 0 Å². The van der Waals surface area contributed by atoms with Crippen LogP contribution in [0, 0.1) is 0 Å². The highest BCUT2D eigenvalue weighted by Gasteiger charge is 2.25. The quantitative estimate of drug-likeness (QED) is 0.133. The molecule has 0 aromatic heterocycles. The Kier molecular flexibility index (Phi) is 12.6. The minimum absolute atomic E-state index is 0.778. The van der Waals surface area contributed by atoms with Crippen molar-refractivity contribution >= 4 is 55.6 Å². The zero-order valence-corrected chi connectivity index (χ0v) is 42.3. The molecular weight excluding hydrogens is 913 g/mol. The Labute approximate surface area is 445 Å². The number of hydrogen-bond acceptors (Lipinski definition) is 0. The van der Waals surface area contributed by atoms with Crippen LogP contribution in [0.3, 0.4) is 0 Å². The van der Waals surface area contributed by atoms with Crippen molar-refractivity contribution in [3.8, 4) is 66.8 Å². The van der Waals surface area contributed by atoms with E-state index in [0.29, 0.717) is 0 Å². The first-order valence-corrected chi connectivity index (χ1v) is 26.6. The van der Waals surface area contributed by atoms with Gasteiger partial charge in [-0.25, -0.2) is 0 Å². The summed E-state index contributed by atoms with van der Waals surface area (Å²) in [6, 6.07) is 93.0. The van der Waals surface area contributed by atoms with E-state index in [2.05, 4.69) is 303 Å². The fraction of sp³-hybridized carbons (Fsp3) is 0.0263. The maximum Gasteiger partial charge on any atom is -0.00142 e. The summed E-state index contributed by atoms with van der Waals surface area (Å²) in [5.74, 6) is 0. The number of hydrogen-bond donors (Lipinski definition) is 0. The van der Waals surface area contributed by atoms with Gasteiger partial charge in [0.05, 0.1) is 0 Å². The Balaban J connectivity index is 1.02. The first kappa shape index (κ1) is 46.2. The molecule has 0 fully saturated rings. The van der Waals surface area contributed by atoms with Gasteiger partial charge in [-0.05, 0) is 145 Å². The summed E-state index contributed by atoms with van der Waals surface area (Å²) in [4.78, 5) is 0. The zero-order valence-electron chi connectivity index (χ0n) is 42.3. The molecule has 2 aliphatic carbocycles. The number of allylic oxidation sites excluding steroid dienone is 8. The lowest BCUT2D eigenvalue weighted by molar-refractivity contribution is 1.38. The summed E-state index contributed by atoms with van der Waals surface area (Å²) in [6.07, 6.45) is 20.6. The monoisotopic (exact) mass is 966 g/mol. The average Bonchev–Trinajstić information content (AvgIpc) is 4.00. The van der Waals surface area contributed by atoms with Gasteiger partial charge in [0.25, 0.3) is 0 Å². The Hall–Kier alpha value is -9.62. The second-order valence-corrected chi connectivity index (χ2v) is 19.6. The molecule has 0 heteroatoms. The molecule has 0 nitrogen and oxygen atoms in total. The lowest BCUT2D eigenvalue weighted by atomic mass is 9.79. The van der Waals surface area contributed by atoms with Crippen LogP contribution in [0.4, 0.5) is 0 Å². The van der Waals surface area contributed by atoms with Crippen LogP contribution in [0.1, 0.15) is 24.0 Å². The standard InChI is InChI=1S/C76H54/c1-2-17-38-62(64-40-21-20-39-63(64)61(37-16-1)53-27-8-3-9-28-53)54-47-49-60(50-48-54)74-70-42-19-7-18-41-69(70)73(75(56-31-12-5-13-32-56)76(74)57-33-14-6-15-34-57)59-36-26-35-58(51-52-59)72-67-45-24-22-43-65(67)71(55-29-10-4-11-30-55)66-44-23-25-46-68(66)72/h1-18,20-25,27-52H,19,26H2. The summed E-state index contributed by atoms with van der Waals surface area (Å²) >= 11 is 0. The van der Waals surface area contributed by atoms with Crippen LogP contribution in [0.25, 0.3) is 122 Å². The van der Waals surface area contributed by atoms with Crippen molar-refractivity contribution in [2.75, 3.05) is 0 Å². The Morgan fingerprint density at radius 3 is 1.09 bits per heavy atom. The maximum atomic E-state index is 2.45. The molecule has 11 aromatic rings. The average molecular weight is 967 g/mol. The molecule has 0 saturated carbocycles. The molecule has 0 heterocycles. The van der Waals surface area contributed by atoms with Crippen LogP contribution in [-0.4, -0.2) is 0 Å². The molecule has 0 bridgehead atoms. The van der Waals surface area contributed by atoms with Crippen molar-refractivity contribution in [3.63, 3.8) is 0 Å². The number of benzene rings is 10. The second-order valence-electron chi connectivity index (χ2n) is 19.6. The summed E-state index contributed by atoms with van der Waals surface area (Å²) in [6.45, 7) is 0. The first-order valence-electron chi connectivity index (χ1n) is 26.6. The third-order valence-electron chi connectivity index (χ3n) is 15.2. The molecule has 13 rings (SSSR count). The minimum Gasteiger partial charge on any atom is -0.0807 e. The van der Waals surface area contributed by atoms with Crippen LogP contribution < -0.4 is 10.4 Å². The van der Waals surface area contributed by atoms with Gasteiger partial charge in [0.1, 0.15) is 0 Å². The molecule has 358 valence electrons. The molecule has 0 unspecified atom stereocenters. The lowest BCUT2D eigenvalue weighted by Crippen LogP contribution is -2.32. The SMILES string of the molecule is C1=CCC=c2c(-c3ccc(-c4ccccccc(-c5ccccc5)c5ccccc45)cc3)c(-c3ccccc3)c(-c3ccccc3)c(C3=CCC=C(c4c5ccccc5c(-c5ccccc5)c5ccccc45)C=C3)c2=C1. The molecule has 11 aromatic carbocycles. The summed E-state index contributed by atoms with van der Waals surface area (Å²) < 4.78 is 0. The van der Waals surface area contributed by atoms with Crippen LogP contribution in [0.2, 0.25) is 0 Å². The third kappa shape index (κ3) is 8.60. The summed E-state index contributed by atoms with van der Waals surface area (Å²) in [5, 5.41) is 9.93. The topological polar surface area (TPSA) is 0 Å². The van der Waals surface area contributed by atoms with Gasteiger partial charge in [0.2, 0.25) is 0 Å². The predicted octanol–water partition coefficient (Wildman–Crippen LogP) is 19.2. The molecule has 76 heavy (non-hydrogen) atoms. The van der Waals surface area contributed by atoms with Gasteiger partial charge < -0.3 is 0 Å². The van der Waals surface area contributed by atoms with E-state index >= 15 is 0 Å². The van der Waals surface area contributed by atoms with Crippen molar-refractivity contribution in [2.24, 2.45) is 0 Å². The minimum atomic E-state index is 0.778. The van der Waals surface area contributed by atoms with E-state index in [1.807, 2.05) is 0 Å². The first-order chi connectivity index (χ1) is 37.8. The van der Waals surface area contributed by atoms with Gasteiger partial charge in [0, 0.05) is 0 Å². The number of fused-ring (bicyclic) bond motifs is 4. The number of rotatable bonds is 8. The highest BCUT2D eigenvalue weighted by molar-refractivity contribution is 6.20. The Bertz CT molecular complexity index is 4270. The fourth-order valence-corrected chi connectivity index (χ4v) is 11.8. The highest BCUT2D eigenvalue weighted by Crippen LogP contribution is 2.46. The lowest BCUT2D eigenvalue weighted by Gasteiger charge is -2.23. The third-order valence-corrected chi connectivity index (χ3v) is 15.2. The van der Waals surface area contributed by atoms with E-state index in [-0.39, 0.29) is 0 Å². The van der Waals surface area contributed by atoms with Gasteiger partial charge in [-0.15, -0.1) is 0 Å². The van der Waals surface area contributed by atoms with Gasteiger partial charge in [0.15, 0.2) is 0 Å². The van der Waals surface area contributed by atoms with Crippen molar-refractivity contribution < 1.29 is 0 Å². The van der Waals surface area contributed by atoms with Gasteiger partial charge in [-0.1, -0.05) is 303 Å². The molecule has 2 aliphatic rings. The summed E-state index contributed by atoms with van der Waals surface area (Å²) in [5.41, 5.74) is 19.4. The van der Waals surface area contributed by atoms with Crippen LogP contribution in [-0.2, 0) is 0 Å². The molecule has 0 atom stereocenters.